The summed E-state index contributed by atoms with van der Waals surface area (Å²) in [5, 5.41) is 26.2. The van der Waals surface area contributed by atoms with Crippen LogP contribution in [0.5, 0.6) is 5.75 Å². The van der Waals surface area contributed by atoms with Crippen LogP contribution < -0.4 is 5.32 Å². The summed E-state index contributed by atoms with van der Waals surface area (Å²) in [5.74, 6) is -1.54. The minimum absolute atomic E-state index is 0.0647. The lowest BCUT2D eigenvalue weighted by Gasteiger charge is -2.32. The molecule has 0 aliphatic heterocycles. The largest absolute Gasteiger partial charge is 0.508 e. The zero-order valence-corrected chi connectivity index (χ0v) is 26.7. The molecule has 0 fully saturated rings. The number of nitrogens with zero attached hydrogens (tertiary/aromatic N) is 2. The number of hydroxylamine groups is 2. The summed E-state index contributed by atoms with van der Waals surface area (Å²) in [6, 6.07) is 6.01. The number of ether oxygens (including phenoxy) is 1. The van der Waals surface area contributed by atoms with Crippen LogP contribution in [0.2, 0.25) is 0 Å². The van der Waals surface area contributed by atoms with Gasteiger partial charge in [0.2, 0.25) is 0 Å². The number of thiazole rings is 1. The molecule has 0 saturated heterocycles. The van der Waals surface area contributed by atoms with Crippen molar-refractivity contribution in [3.63, 3.8) is 0 Å². The highest BCUT2D eigenvalue weighted by Gasteiger charge is 2.33. The first kappa shape index (κ1) is 35.2. The highest BCUT2D eigenvalue weighted by Crippen LogP contribution is 2.31. The summed E-state index contributed by atoms with van der Waals surface area (Å²) in [6.45, 7) is 11.5. The zero-order valence-electron chi connectivity index (χ0n) is 25.9. The van der Waals surface area contributed by atoms with Gasteiger partial charge in [0.15, 0.2) is 6.10 Å². The molecule has 10 nitrogen and oxygen atoms in total. The van der Waals surface area contributed by atoms with E-state index >= 15 is 0 Å². The lowest BCUT2D eigenvalue weighted by molar-refractivity contribution is -0.187. The van der Waals surface area contributed by atoms with Crippen molar-refractivity contribution in [2.24, 2.45) is 11.3 Å². The second kappa shape index (κ2) is 16.6. The zero-order chi connectivity index (χ0) is 31.4. The molecule has 0 aliphatic carbocycles. The third kappa shape index (κ3) is 11.3. The molecular formula is C31H47N3O7S. The molecule has 3 N–H and O–H groups in total. The van der Waals surface area contributed by atoms with Gasteiger partial charge in [0.05, 0.1) is 12.0 Å². The molecule has 0 bridgehead atoms. The molecule has 2 aromatic rings. The number of carboxylic acids is 1. The number of phenols is 1. The number of aromatic nitrogens is 1. The van der Waals surface area contributed by atoms with Gasteiger partial charge in [0.25, 0.3) is 5.91 Å². The summed E-state index contributed by atoms with van der Waals surface area (Å²) in [5.41, 5.74) is -0.0749. The van der Waals surface area contributed by atoms with Crippen LogP contribution in [0.3, 0.4) is 0 Å². The fourth-order valence-electron chi connectivity index (χ4n) is 4.71. The Balaban J connectivity index is 2.23. The summed E-state index contributed by atoms with van der Waals surface area (Å²) < 4.78 is 5.67. The number of rotatable bonds is 18. The summed E-state index contributed by atoms with van der Waals surface area (Å²) >= 11 is 1.24. The third-order valence-electron chi connectivity index (χ3n) is 7.16. The maximum absolute atomic E-state index is 13.3. The lowest BCUT2D eigenvalue weighted by Crippen LogP contribution is -2.41. The number of esters is 1. The first-order valence-corrected chi connectivity index (χ1v) is 15.4. The second-order valence-electron chi connectivity index (χ2n) is 11.7. The number of hydrogen-bond donors (Lipinski definition) is 3. The van der Waals surface area contributed by atoms with Crippen LogP contribution in [0.15, 0.2) is 29.6 Å². The van der Waals surface area contributed by atoms with E-state index in [2.05, 4.69) is 31.1 Å². The fourth-order valence-corrected chi connectivity index (χ4v) is 5.55. The summed E-state index contributed by atoms with van der Waals surface area (Å²) in [4.78, 5) is 47.7. The van der Waals surface area contributed by atoms with Crippen LogP contribution in [-0.4, -0.2) is 63.8 Å². The van der Waals surface area contributed by atoms with E-state index in [1.807, 2.05) is 12.1 Å². The van der Waals surface area contributed by atoms with Crippen LogP contribution in [0.25, 0.3) is 0 Å². The first-order chi connectivity index (χ1) is 19.7. The predicted octanol–water partition coefficient (Wildman–Crippen LogP) is 5.76. The Morgan fingerprint density at radius 3 is 2.38 bits per heavy atom. The molecule has 3 unspecified atom stereocenters. The number of phenolic OH excluding ortho intramolecular Hbond substituents is 1. The van der Waals surface area contributed by atoms with Gasteiger partial charge < -0.3 is 20.3 Å². The van der Waals surface area contributed by atoms with Crippen molar-refractivity contribution in [2.75, 3.05) is 13.7 Å². The number of unbranched alkanes of at least 4 members (excludes halogenated alkanes) is 2. The van der Waals surface area contributed by atoms with Crippen molar-refractivity contribution in [3.05, 3.63) is 45.9 Å². The van der Waals surface area contributed by atoms with E-state index in [-0.39, 0.29) is 29.8 Å². The van der Waals surface area contributed by atoms with Gasteiger partial charge in [-0.3, -0.25) is 19.2 Å². The van der Waals surface area contributed by atoms with Crippen molar-refractivity contribution in [3.8, 4) is 5.75 Å². The third-order valence-corrected chi connectivity index (χ3v) is 8.10. The van der Waals surface area contributed by atoms with Gasteiger partial charge in [-0.25, -0.2) is 4.98 Å². The van der Waals surface area contributed by atoms with E-state index in [4.69, 9.17) is 9.57 Å². The molecule has 0 aliphatic rings. The number of nitrogens with one attached hydrogen (secondary N) is 1. The number of aliphatic carboxylic acids is 1. The standard InChI is InChI=1S/C31H47N3O7S/c1-8-9-10-15-40-34(7)26(20(2)3)17-27(41-21(4)35)29-33-25(19-42-29)28(37)32-23(18-31(5,6)30(38)39)16-22-11-13-24(36)14-12-22/h11-14,19-20,23,26-27,36H,8-10,15-18H2,1-7H3,(H,32,37)(H,38,39). The molecule has 3 atom stereocenters. The van der Waals surface area contributed by atoms with Crippen molar-refractivity contribution in [1.29, 1.82) is 0 Å². The highest BCUT2D eigenvalue weighted by molar-refractivity contribution is 7.09. The van der Waals surface area contributed by atoms with Gasteiger partial charge in [-0.1, -0.05) is 45.7 Å². The Hall–Kier alpha value is -3.02. The maximum Gasteiger partial charge on any atom is 0.309 e. The quantitative estimate of drug-likeness (QED) is 0.110. The van der Waals surface area contributed by atoms with E-state index < -0.39 is 35.4 Å². The Morgan fingerprint density at radius 2 is 1.81 bits per heavy atom. The Bertz CT molecular complexity index is 1150. The number of hydrogen-bond acceptors (Lipinski definition) is 9. The molecule has 1 heterocycles. The molecule has 0 saturated carbocycles. The van der Waals surface area contributed by atoms with Crippen LogP contribution in [-0.2, 0) is 25.6 Å². The number of amides is 1. The molecule has 1 aromatic heterocycles. The fraction of sp³-hybridized carbons (Fsp3) is 0.613. The highest BCUT2D eigenvalue weighted by atomic mass is 32.1. The number of aromatic hydroxyl groups is 1. The average molecular weight is 606 g/mol. The minimum Gasteiger partial charge on any atom is -0.508 e. The molecule has 11 heteroatoms. The van der Waals surface area contributed by atoms with Crippen LogP contribution >= 0.6 is 11.3 Å². The molecule has 0 spiro atoms. The number of carbonyl (C=O) groups excluding carboxylic acids is 2. The topological polar surface area (TPSA) is 138 Å². The SMILES string of the molecule is CCCCCON(C)C(CC(OC(C)=O)c1nc(C(=O)NC(Cc2ccc(O)cc2)CC(C)(C)C(=O)O)cs1)C(C)C. The number of carbonyl (C=O) groups is 3. The Kier molecular flexibility index (Phi) is 13.9. The predicted molar refractivity (Wildman–Crippen MR) is 162 cm³/mol. The lowest BCUT2D eigenvalue weighted by atomic mass is 9.84. The maximum atomic E-state index is 13.3. The van der Waals surface area contributed by atoms with Crippen LogP contribution in [0, 0.1) is 11.3 Å². The van der Waals surface area contributed by atoms with Crippen molar-refractivity contribution < 1.29 is 34.2 Å². The normalized spacial score (nSPS) is 14.0. The minimum atomic E-state index is -1.08. The van der Waals surface area contributed by atoms with Gasteiger partial charge in [-0.2, -0.15) is 5.06 Å². The second-order valence-corrected chi connectivity index (χ2v) is 12.6. The van der Waals surface area contributed by atoms with Gasteiger partial charge in [0, 0.05) is 37.9 Å². The van der Waals surface area contributed by atoms with Gasteiger partial charge in [0.1, 0.15) is 16.5 Å². The molecule has 0 radical (unpaired) electrons. The van der Waals surface area contributed by atoms with E-state index in [0.29, 0.717) is 24.5 Å². The number of benzene rings is 1. The van der Waals surface area contributed by atoms with Crippen LogP contribution in [0.1, 0.15) is 101 Å². The number of carboxylic acid groups (broad SMARTS) is 1. The van der Waals surface area contributed by atoms with E-state index in [0.717, 1.165) is 24.8 Å². The molecule has 2 rings (SSSR count). The van der Waals surface area contributed by atoms with E-state index in [1.165, 1.54) is 18.3 Å². The molecule has 234 valence electrons. The molecular weight excluding hydrogens is 558 g/mol. The monoisotopic (exact) mass is 605 g/mol. The Labute approximate surface area is 253 Å². The summed E-state index contributed by atoms with van der Waals surface area (Å²) in [6.07, 6.45) is 3.47. The average Bonchev–Trinajstić information content (AvgIpc) is 3.40. The first-order valence-electron chi connectivity index (χ1n) is 14.5. The van der Waals surface area contributed by atoms with E-state index in [1.54, 1.807) is 43.5 Å². The van der Waals surface area contributed by atoms with E-state index in [9.17, 15) is 24.6 Å². The van der Waals surface area contributed by atoms with Crippen LogP contribution in [0.4, 0.5) is 0 Å². The summed E-state index contributed by atoms with van der Waals surface area (Å²) in [7, 11) is 1.88. The smallest absolute Gasteiger partial charge is 0.309 e. The van der Waals surface area contributed by atoms with Crippen molar-refractivity contribution in [2.45, 2.75) is 98.3 Å². The molecule has 42 heavy (non-hydrogen) atoms. The van der Waals surface area contributed by atoms with Gasteiger partial charge in [-0.15, -0.1) is 11.3 Å². The molecule has 1 amide bonds. The van der Waals surface area contributed by atoms with Crippen molar-refractivity contribution in [1.82, 2.24) is 15.4 Å². The Morgan fingerprint density at radius 1 is 1.14 bits per heavy atom. The van der Waals surface area contributed by atoms with Crippen molar-refractivity contribution >= 4 is 29.2 Å². The van der Waals surface area contributed by atoms with Gasteiger partial charge in [-0.05, 0) is 56.7 Å². The molecule has 1 aromatic carbocycles. The van der Waals surface area contributed by atoms with Gasteiger partial charge >= 0.3 is 11.9 Å².